The maximum absolute atomic E-state index is 11.6. The van der Waals surface area contributed by atoms with Gasteiger partial charge in [0.15, 0.2) is 0 Å². The SMILES string of the molecule is COc1ccc2c(n1)SC(C)(C)C(=O)N2. The normalized spacial score (nSPS) is 17.9. The number of carbonyl (C=O) groups is 1. The van der Waals surface area contributed by atoms with Crippen LogP contribution >= 0.6 is 11.8 Å². The Labute approximate surface area is 92.4 Å². The van der Waals surface area contributed by atoms with Crippen LogP contribution in [0.3, 0.4) is 0 Å². The largest absolute Gasteiger partial charge is 0.481 e. The number of ether oxygens (including phenoxy) is 1. The molecule has 0 spiro atoms. The van der Waals surface area contributed by atoms with Crippen LogP contribution in [0.15, 0.2) is 17.2 Å². The molecule has 1 aliphatic heterocycles. The van der Waals surface area contributed by atoms with Gasteiger partial charge in [-0.2, -0.15) is 0 Å². The molecule has 80 valence electrons. The number of rotatable bonds is 1. The van der Waals surface area contributed by atoms with Crippen molar-refractivity contribution >= 4 is 23.4 Å². The van der Waals surface area contributed by atoms with Crippen molar-refractivity contribution in [3.8, 4) is 5.88 Å². The standard InChI is InChI=1S/C10H12N2O2S/c1-10(2)9(13)11-6-4-5-7(14-3)12-8(6)15-10/h4-5H,1-3H3,(H,11,13). The molecule has 15 heavy (non-hydrogen) atoms. The van der Waals surface area contributed by atoms with Crippen molar-refractivity contribution in [3.05, 3.63) is 12.1 Å². The Morgan fingerprint density at radius 3 is 2.87 bits per heavy atom. The lowest BCUT2D eigenvalue weighted by molar-refractivity contribution is -0.117. The molecule has 0 bridgehead atoms. The molecule has 0 fully saturated rings. The van der Waals surface area contributed by atoms with Crippen molar-refractivity contribution in [2.24, 2.45) is 0 Å². The van der Waals surface area contributed by atoms with Crippen LogP contribution in [-0.4, -0.2) is 22.7 Å². The monoisotopic (exact) mass is 224 g/mol. The van der Waals surface area contributed by atoms with Crippen molar-refractivity contribution in [1.82, 2.24) is 4.98 Å². The molecule has 0 saturated heterocycles. The average Bonchev–Trinajstić information content (AvgIpc) is 2.18. The van der Waals surface area contributed by atoms with E-state index < -0.39 is 4.75 Å². The molecule has 0 unspecified atom stereocenters. The van der Waals surface area contributed by atoms with E-state index in [2.05, 4.69) is 10.3 Å². The third-order valence-electron chi connectivity index (χ3n) is 2.19. The lowest BCUT2D eigenvalue weighted by Gasteiger charge is -2.28. The molecule has 0 radical (unpaired) electrons. The first-order valence-corrected chi connectivity index (χ1v) is 5.40. The zero-order chi connectivity index (χ0) is 11.1. The summed E-state index contributed by atoms with van der Waals surface area (Å²) in [6, 6.07) is 3.54. The van der Waals surface area contributed by atoms with Crippen LogP contribution in [0, 0.1) is 0 Å². The van der Waals surface area contributed by atoms with Gasteiger partial charge in [0.05, 0.1) is 17.5 Å². The minimum Gasteiger partial charge on any atom is -0.481 e. The summed E-state index contributed by atoms with van der Waals surface area (Å²) in [5, 5.41) is 3.63. The number of carbonyl (C=O) groups excluding carboxylic acids is 1. The van der Waals surface area contributed by atoms with E-state index in [-0.39, 0.29) is 5.91 Å². The zero-order valence-electron chi connectivity index (χ0n) is 8.83. The fourth-order valence-electron chi connectivity index (χ4n) is 1.27. The number of amides is 1. The number of hydrogen-bond acceptors (Lipinski definition) is 4. The molecule has 4 nitrogen and oxygen atoms in total. The summed E-state index contributed by atoms with van der Waals surface area (Å²) in [7, 11) is 1.58. The van der Waals surface area contributed by atoms with Crippen molar-refractivity contribution < 1.29 is 9.53 Å². The molecule has 0 atom stereocenters. The first-order chi connectivity index (χ1) is 7.03. The molecule has 2 rings (SSSR count). The Bertz CT molecular complexity index is 418. The number of nitrogens with one attached hydrogen (secondary N) is 1. The Kier molecular flexibility index (Phi) is 2.34. The molecular weight excluding hydrogens is 212 g/mol. The third kappa shape index (κ3) is 1.79. The Morgan fingerprint density at radius 2 is 2.20 bits per heavy atom. The van der Waals surface area contributed by atoms with Crippen LogP contribution in [0.4, 0.5) is 5.69 Å². The van der Waals surface area contributed by atoms with E-state index in [1.807, 2.05) is 13.8 Å². The molecule has 0 saturated carbocycles. The van der Waals surface area contributed by atoms with Gasteiger partial charge in [-0.1, -0.05) is 11.8 Å². The van der Waals surface area contributed by atoms with Gasteiger partial charge in [0.25, 0.3) is 0 Å². The van der Waals surface area contributed by atoms with E-state index in [4.69, 9.17) is 4.74 Å². The van der Waals surface area contributed by atoms with Crippen molar-refractivity contribution in [2.75, 3.05) is 12.4 Å². The summed E-state index contributed by atoms with van der Waals surface area (Å²) in [5.41, 5.74) is 0.755. The second kappa shape index (κ2) is 3.41. The van der Waals surface area contributed by atoms with E-state index in [0.717, 1.165) is 10.7 Å². The summed E-state index contributed by atoms with van der Waals surface area (Å²) in [5.74, 6) is 0.570. The van der Waals surface area contributed by atoms with E-state index in [1.165, 1.54) is 11.8 Å². The highest BCUT2D eigenvalue weighted by atomic mass is 32.2. The van der Waals surface area contributed by atoms with E-state index in [1.54, 1.807) is 19.2 Å². The number of anilines is 1. The van der Waals surface area contributed by atoms with Gasteiger partial charge in [0, 0.05) is 6.07 Å². The lowest BCUT2D eigenvalue weighted by atomic mass is 10.2. The lowest BCUT2D eigenvalue weighted by Crippen LogP contribution is -2.37. The van der Waals surface area contributed by atoms with Crippen LogP contribution in [0.2, 0.25) is 0 Å². The van der Waals surface area contributed by atoms with Crippen molar-refractivity contribution in [3.63, 3.8) is 0 Å². The Balaban J connectivity index is 2.42. The van der Waals surface area contributed by atoms with Gasteiger partial charge in [-0.25, -0.2) is 4.98 Å². The fourth-order valence-corrected chi connectivity index (χ4v) is 2.26. The molecule has 1 aromatic rings. The quantitative estimate of drug-likeness (QED) is 0.791. The summed E-state index contributed by atoms with van der Waals surface area (Å²) in [6.45, 7) is 3.74. The van der Waals surface area contributed by atoms with Gasteiger partial charge in [-0.3, -0.25) is 4.79 Å². The van der Waals surface area contributed by atoms with Gasteiger partial charge in [0.2, 0.25) is 11.8 Å². The van der Waals surface area contributed by atoms with Crippen molar-refractivity contribution in [2.45, 2.75) is 23.6 Å². The number of thioether (sulfide) groups is 1. The van der Waals surface area contributed by atoms with Crippen LogP contribution in [0.5, 0.6) is 5.88 Å². The van der Waals surface area contributed by atoms with Gasteiger partial charge in [-0.05, 0) is 19.9 Å². The molecule has 0 aromatic carbocycles. The van der Waals surface area contributed by atoms with Gasteiger partial charge < -0.3 is 10.1 Å². The summed E-state index contributed by atoms with van der Waals surface area (Å²) < 4.78 is 4.56. The number of fused-ring (bicyclic) bond motifs is 1. The fraction of sp³-hybridized carbons (Fsp3) is 0.400. The minimum absolute atomic E-state index is 0.00645. The molecule has 1 N–H and O–H groups in total. The van der Waals surface area contributed by atoms with Crippen LogP contribution < -0.4 is 10.1 Å². The molecule has 1 amide bonds. The maximum atomic E-state index is 11.6. The highest BCUT2D eigenvalue weighted by molar-refractivity contribution is 8.01. The predicted octanol–water partition coefficient (Wildman–Crippen LogP) is 1.91. The summed E-state index contributed by atoms with van der Waals surface area (Å²) >= 11 is 1.45. The highest BCUT2D eigenvalue weighted by Gasteiger charge is 2.35. The number of methoxy groups -OCH3 is 1. The number of pyridine rings is 1. The number of hydrogen-bond donors (Lipinski definition) is 1. The Hall–Kier alpha value is -1.23. The van der Waals surface area contributed by atoms with Crippen LogP contribution in [0.1, 0.15) is 13.8 Å². The average molecular weight is 224 g/mol. The van der Waals surface area contributed by atoms with Gasteiger partial charge in [0.1, 0.15) is 5.03 Å². The van der Waals surface area contributed by atoms with Crippen molar-refractivity contribution in [1.29, 1.82) is 0 Å². The molecule has 1 aliphatic rings. The maximum Gasteiger partial charge on any atom is 0.240 e. The third-order valence-corrected chi connectivity index (χ3v) is 3.39. The molecule has 2 heterocycles. The number of aromatic nitrogens is 1. The minimum atomic E-state index is -0.480. The van der Waals surface area contributed by atoms with E-state index in [0.29, 0.717) is 5.88 Å². The summed E-state index contributed by atoms with van der Waals surface area (Å²) in [4.78, 5) is 15.9. The zero-order valence-corrected chi connectivity index (χ0v) is 9.64. The van der Waals surface area contributed by atoms with Crippen LogP contribution in [-0.2, 0) is 4.79 Å². The van der Waals surface area contributed by atoms with Gasteiger partial charge in [-0.15, -0.1) is 0 Å². The second-order valence-electron chi connectivity index (χ2n) is 3.77. The summed E-state index contributed by atoms with van der Waals surface area (Å²) in [6.07, 6.45) is 0. The molecule has 0 aliphatic carbocycles. The topological polar surface area (TPSA) is 51.2 Å². The van der Waals surface area contributed by atoms with Crippen LogP contribution in [0.25, 0.3) is 0 Å². The highest BCUT2D eigenvalue weighted by Crippen LogP contribution is 2.41. The first-order valence-electron chi connectivity index (χ1n) is 4.58. The van der Waals surface area contributed by atoms with E-state index >= 15 is 0 Å². The first kappa shape index (κ1) is 10.3. The molecule has 5 heteroatoms. The molecule has 1 aromatic heterocycles. The Morgan fingerprint density at radius 1 is 1.47 bits per heavy atom. The van der Waals surface area contributed by atoms with Gasteiger partial charge >= 0.3 is 0 Å². The number of nitrogens with zero attached hydrogens (tertiary/aromatic N) is 1. The molecular formula is C10H12N2O2S. The smallest absolute Gasteiger partial charge is 0.240 e. The van der Waals surface area contributed by atoms with E-state index in [9.17, 15) is 4.79 Å². The predicted molar refractivity (Wildman–Crippen MR) is 59.4 cm³/mol. The second-order valence-corrected chi connectivity index (χ2v) is 5.38.